The van der Waals surface area contributed by atoms with Crippen molar-refractivity contribution < 1.29 is 18.7 Å². The third-order valence-electron chi connectivity index (χ3n) is 6.88. The van der Waals surface area contributed by atoms with Crippen LogP contribution in [0.4, 0.5) is 25.0 Å². The lowest BCUT2D eigenvalue weighted by Crippen LogP contribution is -2.48. The Labute approximate surface area is 191 Å². The zero-order valence-corrected chi connectivity index (χ0v) is 18.2. The largest absolute Gasteiger partial charge is 0.394 e. The average molecular weight is 450 g/mol. The molecule has 0 unspecified atom stereocenters. The molecule has 2 aliphatic rings. The first kappa shape index (κ1) is 21.4. The van der Waals surface area contributed by atoms with Gasteiger partial charge in [0.1, 0.15) is 11.6 Å². The number of hydrogen-bond donors (Lipinski definition) is 2. The number of aliphatic hydroxyl groups is 1. The van der Waals surface area contributed by atoms with E-state index in [9.17, 15) is 18.7 Å². The number of likely N-dealkylation sites (N-methyl/N-ethyl adjacent to an activating group) is 1. The first-order valence-electron chi connectivity index (χ1n) is 11.0. The Bertz CT molecular complexity index is 1200. The molecule has 5 nitrogen and oxygen atoms in total. The number of halogens is 2. The number of amides is 2. The van der Waals surface area contributed by atoms with Crippen molar-refractivity contribution in [3.8, 4) is 11.1 Å². The van der Waals surface area contributed by atoms with Crippen LogP contribution in [0.3, 0.4) is 0 Å². The van der Waals surface area contributed by atoms with Gasteiger partial charge in [-0.25, -0.2) is 13.6 Å². The highest BCUT2D eigenvalue weighted by molar-refractivity contribution is 5.90. The van der Waals surface area contributed by atoms with Crippen LogP contribution in [0.25, 0.3) is 11.1 Å². The van der Waals surface area contributed by atoms with Gasteiger partial charge < -0.3 is 20.2 Å². The highest BCUT2D eigenvalue weighted by Crippen LogP contribution is 2.49. The number of nitrogens with zero attached hydrogens (tertiary/aromatic N) is 2. The standard InChI is InChI=1S/C26H25F2N3O2/c1-30-23-10-9-17(16-5-4-6-18(27)13-16)14-20(23)25-19(24(30)15-32)11-12-31(25)26(33)29-22-8-3-2-7-21(22)28/h2-10,13-14,19,24-25,32H,11-12,15H2,1H3,(H,29,33)/t19-,24-,25-/m0/s1. The van der Waals surface area contributed by atoms with Crippen LogP contribution in [0.1, 0.15) is 18.0 Å². The van der Waals surface area contributed by atoms with Crippen molar-refractivity contribution in [2.75, 3.05) is 30.4 Å². The Morgan fingerprint density at radius 3 is 2.61 bits per heavy atom. The van der Waals surface area contributed by atoms with Crippen molar-refractivity contribution in [1.29, 1.82) is 0 Å². The van der Waals surface area contributed by atoms with Gasteiger partial charge in [-0.05, 0) is 59.5 Å². The van der Waals surface area contributed by atoms with Gasteiger partial charge in [0.05, 0.1) is 24.4 Å². The fourth-order valence-electron chi connectivity index (χ4n) is 5.28. The summed E-state index contributed by atoms with van der Waals surface area (Å²) in [6.07, 6.45) is 0.717. The van der Waals surface area contributed by atoms with Gasteiger partial charge in [0.15, 0.2) is 0 Å². The van der Waals surface area contributed by atoms with E-state index in [4.69, 9.17) is 0 Å². The highest BCUT2D eigenvalue weighted by atomic mass is 19.1. The molecule has 3 aromatic carbocycles. The summed E-state index contributed by atoms with van der Waals surface area (Å²) < 4.78 is 28.0. The van der Waals surface area contributed by atoms with Crippen LogP contribution in [-0.4, -0.2) is 42.3 Å². The molecule has 2 amide bonds. The predicted molar refractivity (Wildman–Crippen MR) is 124 cm³/mol. The molecule has 2 heterocycles. The molecule has 33 heavy (non-hydrogen) atoms. The van der Waals surface area contributed by atoms with Gasteiger partial charge in [-0.1, -0.05) is 30.3 Å². The number of rotatable bonds is 3. The number of fused-ring (bicyclic) bond motifs is 3. The monoisotopic (exact) mass is 449 g/mol. The van der Waals surface area contributed by atoms with E-state index in [1.807, 2.05) is 31.3 Å². The minimum atomic E-state index is -0.494. The number of likely N-dealkylation sites (tertiary alicyclic amines) is 1. The van der Waals surface area contributed by atoms with E-state index >= 15 is 0 Å². The van der Waals surface area contributed by atoms with Crippen LogP contribution in [0.15, 0.2) is 66.7 Å². The van der Waals surface area contributed by atoms with Crippen LogP contribution >= 0.6 is 0 Å². The zero-order chi connectivity index (χ0) is 23.1. The SMILES string of the molecule is CN1c2ccc(-c3cccc(F)c3)cc2[C@@H]2[C@@H](CCN2C(=O)Nc2ccccc2F)[C@@H]1CO. The summed E-state index contributed by atoms with van der Waals surface area (Å²) in [5.74, 6) is -0.791. The second-order valence-electron chi connectivity index (χ2n) is 8.65. The summed E-state index contributed by atoms with van der Waals surface area (Å²) in [6, 6.07) is 17.6. The van der Waals surface area contributed by atoms with Crippen LogP contribution < -0.4 is 10.2 Å². The minimum absolute atomic E-state index is 0.0154. The number of carbonyl (C=O) groups excluding carboxylic acids is 1. The molecular weight excluding hydrogens is 424 g/mol. The van der Waals surface area contributed by atoms with E-state index in [2.05, 4.69) is 10.2 Å². The van der Waals surface area contributed by atoms with Crippen LogP contribution in [0.5, 0.6) is 0 Å². The van der Waals surface area contributed by atoms with Crippen molar-refractivity contribution >= 4 is 17.4 Å². The molecule has 0 saturated carbocycles. The predicted octanol–water partition coefficient (Wildman–Crippen LogP) is 5.04. The average Bonchev–Trinajstić information content (AvgIpc) is 3.26. The topological polar surface area (TPSA) is 55.8 Å². The molecular formula is C26H25F2N3O2. The Kier molecular flexibility index (Phi) is 5.50. The maximum atomic E-state index is 14.1. The number of nitrogens with one attached hydrogen (secondary N) is 1. The molecule has 0 bridgehead atoms. The molecule has 7 heteroatoms. The molecule has 0 aromatic heterocycles. The van der Waals surface area contributed by atoms with E-state index in [0.717, 1.165) is 22.4 Å². The maximum Gasteiger partial charge on any atom is 0.322 e. The number of benzene rings is 3. The van der Waals surface area contributed by atoms with Gasteiger partial charge >= 0.3 is 6.03 Å². The minimum Gasteiger partial charge on any atom is -0.394 e. The van der Waals surface area contributed by atoms with Gasteiger partial charge in [0, 0.05) is 25.2 Å². The van der Waals surface area contributed by atoms with Crippen LogP contribution in [0.2, 0.25) is 0 Å². The molecule has 5 rings (SSSR count). The summed E-state index contributed by atoms with van der Waals surface area (Å²) in [5.41, 5.74) is 3.59. The molecule has 0 spiro atoms. The number of para-hydroxylation sites is 1. The lowest BCUT2D eigenvalue weighted by Gasteiger charge is -2.44. The van der Waals surface area contributed by atoms with Gasteiger partial charge in [-0.15, -0.1) is 0 Å². The number of urea groups is 1. The molecule has 1 fully saturated rings. The molecule has 0 radical (unpaired) electrons. The van der Waals surface area contributed by atoms with Crippen LogP contribution in [-0.2, 0) is 0 Å². The molecule has 2 N–H and O–H groups in total. The maximum absolute atomic E-state index is 14.1. The second kappa shape index (κ2) is 8.48. The van der Waals surface area contributed by atoms with Crippen molar-refractivity contribution in [2.24, 2.45) is 5.92 Å². The quantitative estimate of drug-likeness (QED) is 0.589. The highest BCUT2D eigenvalue weighted by Gasteiger charge is 2.47. The molecule has 170 valence electrons. The number of carbonyl (C=O) groups is 1. The third kappa shape index (κ3) is 3.72. The third-order valence-corrected chi connectivity index (χ3v) is 6.88. The van der Waals surface area contributed by atoms with E-state index < -0.39 is 5.82 Å². The van der Waals surface area contributed by atoms with E-state index in [1.54, 1.807) is 23.1 Å². The number of anilines is 2. The van der Waals surface area contributed by atoms with Crippen molar-refractivity contribution in [3.05, 3.63) is 83.9 Å². The first-order valence-corrected chi connectivity index (χ1v) is 11.0. The number of hydrogen-bond acceptors (Lipinski definition) is 3. The Balaban J connectivity index is 1.55. The van der Waals surface area contributed by atoms with Crippen molar-refractivity contribution in [3.63, 3.8) is 0 Å². The lowest BCUT2D eigenvalue weighted by molar-refractivity contribution is 0.168. The number of aliphatic hydroxyl groups excluding tert-OH is 1. The Morgan fingerprint density at radius 2 is 1.85 bits per heavy atom. The molecule has 1 saturated heterocycles. The Hall–Kier alpha value is -3.45. The summed E-state index contributed by atoms with van der Waals surface area (Å²) in [4.78, 5) is 17.0. The summed E-state index contributed by atoms with van der Waals surface area (Å²) >= 11 is 0. The van der Waals surface area contributed by atoms with Crippen molar-refractivity contribution in [1.82, 2.24) is 4.90 Å². The molecule has 2 aliphatic heterocycles. The van der Waals surface area contributed by atoms with E-state index in [0.29, 0.717) is 13.0 Å². The lowest BCUT2D eigenvalue weighted by atomic mass is 9.81. The molecule has 3 aromatic rings. The normalized spacial score (nSPS) is 21.5. The molecule has 0 aliphatic carbocycles. The summed E-state index contributed by atoms with van der Waals surface area (Å²) in [5, 5.41) is 12.8. The van der Waals surface area contributed by atoms with Gasteiger partial charge in [0.25, 0.3) is 0 Å². The van der Waals surface area contributed by atoms with E-state index in [1.165, 1.54) is 24.3 Å². The Morgan fingerprint density at radius 1 is 1.06 bits per heavy atom. The van der Waals surface area contributed by atoms with Crippen LogP contribution in [0, 0.1) is 17.6 Å². The van der Waals surface area contributed by atoms with Gasteiger partial charge in [-0.3, -0.25) is 0 Å². The summed E-state index contributed by atoms with van der Waals surface area (Å²) in [6.45, 7) is 0.453. The van der Waals surface area contributed by atoms with Crippen molar-refractivity contribution in [2.45, 2.75) is 18.5 Å². The second-order valence-corrected chi connectivity index (χ2v) is 8.65. The fourth-order valence-corrected chi connectivity index (χ4v) is 5.28. The smallest absolute Gasteiger partial charge is 0.322 e. The van der Waals surface area contributed by atoms with Gasteiger partial charge in [0.2, 0.25) is 0 Å². The zero-order valence-electron chi connectivity index (χ0n) is 18.2. The summed E-state index contributed by atoms with van der Waals surface area (Å²) in [7, 11) is 1.94. The first-order chi connectivity index (χ1) is 16.0. The van der Waals surface area contributed by atoms with E-state index in [-0.39, 0.29) is 42.1 Å². The van der Waals surface area contributed by atoms with Gasteiger partial charge in [-0.2, -0.15) is 0 Å². The molecule has 3 atom stereocenters. The fraction of sp³-hybridized carbons (Fsp3) is 0.269.